The summed E-state index contributed by atoms with van der Waals surface area (Å²) in [5.74, 6) is -2.36. The van der Waals surface area contributed by atoms with Crippen LogP contribution in [0.3, 0.4) is 0 Å². The minimum atomic E-state index is -4.23. The largest absolute Gasteiger partial charge is 0.442 e. The van der Waals surface area contributed by atoms with Crippen molar-refractivity contribution in [1.29, 1.82) is 0 Å². The third kappa shape index (κ3) is 5.82. The Labute approximate surface area is 212 Å². The van der Waals surface area contributed by atoms with Crippen molar-refractivity contribution >= 4 is 33.5 Å². The molecule has 0 aromatic heterocycles. The van der Waals surface area contributed by atoms with Crippen LogP contribution in [0, 0.1) is 18.6 Å². The van der Waals surface area contributed by atoms with Gasteiger partial charge in [0.1, 0.15) is 24.1 Å². The smallest absolute Gasteiger partial charge is 0.414 e. The Hall–Kier alpha value is -3.32. The van der Waals surface area contributed by atoms with E-state index in [-0.39, 0.29) is 42.5 Å². The zero-order valence-electron chi connectivity index (χ0n) is 20.1. The van der Waals surface area contributed by atoms with Crippen molar-refractivity contribution < 1.29 is 40.1 Å². The predicted octanol–water partition coefficient (Wildman–Crippen LogP) is 3.06. The number of halogens is 3. The van der Waals surface area contributed by atoms with E-state index in [4.69, 9.17) is 8.92 Å². The first-order chi connectivity index (χ1) is 17.5. The zero-order chi connectivity index (χ0) is 26.9. The highest BCUT2D eigenvalue weighted by atomic mass is 32.2. The van der Waals surface area contributed by atoms with E-state index in [1.54, 1.807) is 19.1 Å². The molecule has 2 heterocycles. The summed E-state index contributed by atoms with van der Waals surface area (Å²) in [5, 5.41) is 2.51. The molecule has 13 heteroatoms. The van der Waals surface area contributed by atoms with Crippen LogP contribution in [-0.2, 0) is 23.8 Å². The predicted molar refractivity (Wildman–Crippen MR) is 128 cm³/mol. The number of benzene rings is 2. The third-order valence-electron chi connectivity index (χ3n) is 6.18. The number of cyclic esters (lactones) is 1. The first kappa shape index (κ1) is 26.7. The number of alkyl halides is 1. The molecule has 2 aromatic rings. The van der Waals surface area contributed by atoms with Crippen LogP contribution in [-0.4, -0.2) is 65.0 Å². The summed E-state index contributed by atoms with van der Waals surface area (Å²) in [6, 6.07) is 8.02. The van der Waals surface area contributed by atoms with Gasteiger partial charge in [-0.25, -0.2) is 18.0 Å². The monoisotopic (exact) mass is 541 g/mol. The fourth-order valence-electron chi connectivity index (χ4n) is 4.35. The number of amides is 2. The van der Waals surface area contributed by atoms with Gasteiger partial charge in [-0.2, -0.15) is 8.42 Å². The Morgan fingerprint density at radius 3 is 2.49 bits per heavy atom. The Morgan fingerprint density at radius 1 is 1.19 bits per heavy atom. The number of carbonyl (C=O) groups excluding carboxylic acids is 2. The van der Waals surface area contributed by atoms with Crippen LogP contribution in [0.15, 0.2) is 41.3 Å². The molecule has 0 bridgehead atoms. The van der Waals surface area contributed by atoms with E-state index < -0.39 is 58.5 Å². The van der Waals surface area contributed by atoms with Gasteiger partial charge in [0.15, 0.2) is 11.6 Å². The number of ether oxygens (including phenoxy) is 1. The Morgan fingerprint density at radius 2 is 1.86 bits per heavy atom. The van der Waals surface area contributed by atoms with Gasteiger partial charge in [0.05, 0.1) is 30.2 Å². The number of nitrogens with one attached hydrogen (secondary N) is 1. The van der Waals surface area contributed by atoms with Crippen molar-refractivity contribution in [3.63, 3.8) is 0 Å². The lowest BCUT2D eigenvalue weighted by Crippen LogP contribution is -2.47. The van der Waals surface area contributed by atoms with Gasteiger partial charge in [-0.15, -0.1) is 0 Å². The number of rotatable bonds is 7. The Kier molecular flexibility index (Phi) is 7.64. The van der Waals surface area contributed by atoms with Crippen LogP contribution < -0.4 is 15.1 Å². The maximum Gasteiger partial charge on any atom is 0.414 e. The molecule has 0 saturated carbocycles. The SMILES string of the molecule is CC(=O)NC[C@H]1CN(c2cc(F)c(N3CCC(OS(=O)(=O)c4ccccc4C)C(F)C3)c(F)c2)C(=O)O1. The van der Waals surface area contributed by atoms with Gasteiger partial charge in [0.25, 0.3) is 10.1 Å². The lowest BCUT2D eigenvalue weighted by atomic mass is 10.0. The zero-order valence-corrected chi connectivity index (χ0v) is 20.9. The van der Waals surface area contributed by atoms with Gasteiger partial charge in [-0.1, -0.05) is 18.2 Å². The van der Waals surface area contributed by atoms with Crippen LogP contribution in [0.25, 0.3) is 0 Å². The van der Waals surface area contributed by atoms with Crippen LogP contribution in [0.4, 0.5) is 29.3 Å². The average molecular weight is 542 g/mol. The summed E-state index contributed by atoms with van der Waals surface area (Å²) < 4.78 is 80.5. The summed E-state index contributed by atoms with van der Waals surface area (Å²) in [4.78, 5) is 25.4. The van der Waals surface area contributed by atoms with Crippen molar-refractivity contribution in [2.75, 3.05) is 36.0 Å². The van der Waals surface area contributed by atoms with E-state index in [1.165, 1.54) is 19.1 Å². The summed E-state index contributed by atoms with van der Waals surface area (Å²) >= 11 is 0. The molecule has 2 fully saturated rings. The fourth-order valence-corrected chi connectivity index (χ4v) is 5.71. The van der Waals surface area contributed by atoms with Crippen molar-refractivity contribution in [2.45, 2.75) is 43.5 Å². The minimum Gasteiger partial charge on any atom is -0.442 e. The second kappa shape index (κ2) is 10.6. The first-order valence-electron chi connectivity index (χ1n) is 11.6. The molecule has 1 N–H and O–H groups in total. The van der Waals surface area contributed by atoms with Crippen LogP contribution >= 0.6 is 0 Å². The molecule has 0 spiro atoms. The van der Waals surface area contributed by atoms with Crippen molar-refractivity contribution in [1.82, 2.24) is 5.32 Å². The van der Waals surface area contributed by atoms with Crippen LogP contribution in [0.5, 0.6) is 0 Å². The maximum atomic E-state index is 15.0. The normalized spacial score (nSPS) is 22.2. The number of hydrogen-bond acceptors (Lipinski definition) is 7. The molecule has 200 valence electrons. The van der Waals surface area contributed by atoms with Crippen molar-refractivity contribution in [3.05, 3.63) is 53.6 Å². The number of carbonyl (C=O) groups is 2. The fraction of sp³-hybridized carbons (Fsp3) is 0.417. The highest BCUT2D eigenvalue weighted by Crippen LogP contribution is 2.34. The number of hydrogen-bond donors (Lipinski definition) is 1. The Bertz CT molecular complexity index is 1290. The summed E-state index contributed by atoms with van der Waals surface area (Å²) in [6.07, 6.45) is -4.79. The maximum absolute atomic E-state index is 15.0. The van der Waals surface area contributed by atoms with Gasteiger partial charge in [-0.3, -0.25) is 13.9 Å². The highest BCUT2D eigenvalue weighted by molar-refractivity contribution is 7.86. The van der Waals surface area contributed by atoms with E-state index in [0.29, 0.717) is 5.56 Å². The molecule has 0 aliphatic carbocycles. The molecular formula is C24H26F3N3O6S. The van der Waals surface area contributed by atoms with E-state index in [0.717, 1.165) is 21.9 Å². The average Bonchev–Trinajstić information content (AvgIpc) is 3.19. The number of anilines is 2. The first-order valence-corrected chi connectivity index (χ1v) is 13.0. The second-order valence-electron chi connectivity index (χ2n) is 8.92. The number of piperidine rings is 1. The minimum absolute atomic E-state index is 0.0258. The van der Waals surface area contributed by atoms with Gasteiger partial charge >= 0.3 is 6.09 Å². The van der Waals surface area contributed by atoms with Gasteiger partial charge in [0, 0.05) is 25.6 Å². The van der Waals surface area contributed by atoms with Gasteiger partial charge < -0.3 is 15.0 Å². The molecule has 9 nitrogen and oxygen atoms in total. The summed E-state index contributed by atoms with van der Waals surface area (Å²) in [5.41, 5.74) is -0.134. The number of nitrogens with zero attached hydrogens (tertiary/aromatic N) is 2. The van der Waals surface area contributed by atoms with Crippen molar-refractivity contribution in [2.24, 2.45) is 0 Å². The lowest BCUT2D eigenvalue weighted by molar-refractivity contribution is -0.119. The molecule has 4 rings (SSSR count). The lowest BCUT2D eigenvalue weighted by Gasteiger charge is -2.36. The molecular weight excluding hydrogens is 515 g/mol. The quantitative estimate of drug-likeness (QED) is 0.538. The highest BCUT2D eigenvalue weighted by Gasteiger charge is 2.37. The summed E-state index contributed by atoms with van der Waals surface area (Å²) in [6.45, 7) is 2.36. The summed E-state index contributed by atoms with van der Waals surface area (Å²) in [7, 11) is -4.23. The molecule has 37 heavy (non-hydrogen) atoms. The molecule has 2 amide bonds. The van der Waals surface area contributed by atoms with Crippen molar-refractivity contribution in [3.8, 4) is 0 Å². The van der Waals surface area contributed by atoms with E-state index >= 15 is 8.78 Å². The molecule has 2 aromatic carbocycles. The molecule has 2 unspecified atom stereocenters. The van der Waals surface area contributed by atoms with E-state index in [9.17, 15) is 22.4 Å². The number of aryl methyl sites for hydroxylation is 1. The molecule has 2 aliphatic heterocycles. The molecule has 2 aliphatic rings. The topological polar surface area (TPSA) is 105 Å². The molecule has 0 radical (unpaired) electrons. The molecule has 2 saturated heterocycles. The Balaban J connectivity index is 1.45. The van der Waals surface area contributed by atoms with E-state index in [2.05, 4.69) is 5.32 Å². The van der Waals surface area contributed by atoms with E-state index in [1.807, 2.05) is 0 Å². The molecule has 3 atom stereocenters. The second-order valence-corrected chi connectivity index (χ2v) is 10.5. The van der Waals surface area contributed by atoms with Crippen LogP contribution in [0.2, 0.25) is 0 Å². The third-order valence-corrected chi connectivity index (χ3v) is 7.67. The van der Waals surface area contributed by atoms with Gasteiger partial charge in [0.2, 0.25) is 5.91 Å². The van der Waals surface area contributed by atoms with Crippen LogP contribution in [0.1, 0.15) is 18.9 Å². The van der Waals surface area contributed by atoms with Gasteiger partial charge in [-0.05, 0) is 25.0 Å². The standard InChI is InChI=1S/C24H26F3N3O6S/c1-14-5-3-4-6-22(14)37(33,34)36-21-7-8-29(13-20(21)27)23-18(25)9-16(10-19(23)26)30-12-17(35-24(30)32)11-28-15(2)31/h3-6,9-10,17,20-21H,7-8,11-13H2,1-2H3,(H,28,31)/t17-,20?,21?/m0/s1.